The number of benzene rings is 2. The van der Waals surface area contributed by atoms with Crippen molar-refractivity contribution in [1.29, 1.82) is 0 Å². The Balaban J connectivity index is 1.47. The Morgan fingerprint density at radius 3 is 2.35 bits per heavy atom. The zero-order chi connectivity index (χ0) is 22.2. The van der Waals surface area contributed by atoms with Crippen LogP contribution in [0.15, 0.2) is 36.4 Å². The fraction of sp³-hybridized carbons (Fsp3) is 0.458. The number of ether oxygens (including phenoxy) is 1. The van der Waals surface area contributed by atoms with Crippen LogP contribution >= 0.6 is 45.2 Å². The van der Waals surface area contributed by atoms with Gasteiger partial charge in [-0.3, -0.25) is 4.79 Å². The molecule has 3 N–H and O–H groups in total. The molecule has 1 fully saturated rings. The smallest absolute Gasteiger partial charge is 0.154 e. The van der Waals surface area contributed by atoms with Gasteiger partial charge in [-0.1, -0.05) is 6.42 Å². The molecule has 7 heteroatoms. The number of phenols is 1. The van der Waals surface area contributed by atoms with Crippen LogP contribution in [0, 0.1) is 7.14 Å². The standard InChI is InChI=1S/C24H30I2N2O3/c25-22-15-17(16-23(26)24(22)31-21-8-6-19(29)7-9-21)14-18(27)4-5-20(30)10-13-28-11-2-1-3-12-28/h6-9,15-16,18,29H,1-5,10-14,27H2/t18-/m1/s1. The van der Waals surface area contributed by atoms with Gasteiger partial charge in [-0.2, -0.15) is 0 Å². The fourth-order valence-corrected chi connectivity index (χ4v) is 5.92. The third-order valence-electron chi connectivity index (χ3n) is 5.56. The molecule has 1 saturated heterocycles. The van der Waals surface area contributed by atoms with Crippen molar-refractivity contribution in [3.05, 3.63) is 49.1 Å². The summed E-state index contributed by atoms with van der Waals surface area (Å²) in [7, 11) is 0. The lowest BCUT2D eigenvalue weighted by Crippen LogP contribution is -2.32. The predicted octanol–water partition coefficient (Wildman–Crippen LogP) is 5.49. The Bertz CT molecular complexity index is 845. The third kappa shape index (κ3) is 8.18. The topological polar surface area (TPSA) is 75.8 Å². The molecule has 0 saturated carbocycles. The third-order valence-corrected chi connectivity index (χ3v) is 7.16. The molecule has 0 aromatic heterocycles. The number of Topliss-reactive ketones (excluding diaryl/α,β-unsaturated/α-hetero) is 1. The first-order valence-corrected chi connectivity index (χ1v) is 13.0. The number of aromatic hydroxyl groups is 1. The molecule has 168 valence electrons. The Kier molecular flexibility index (Phi) is 9.86. The summed E-state index contributed by atoms with van der Waals surface area (Å²) in [6, 6.07) is 10.9. The number of piperidine rings is 1. The number of nitrogens with two attached hydrogens (primary N) is 1. The average Bonchev–Trinajstić information content (AvgIpc) is 2.75. The first-order valence-electron chi connectivity index (χ1n) is 10.8. The van der Waals surface area contributed by atoms with Crippen molar-refractivity contribution in [2.45, 2.75) is 51.0 Å². The highest BCUT2D eigenvalue weighted by Gasteiger charge is 2.15. The van der Waals surface area contributed by atoms with Crippen LogP contribution < -0.4 is 10.5 Å². The van der Waals surface area contributed by atoms with Gasteiger partial charge in [0.15, 0.2) is 5.75 Å². The number of phenolic OH excluding ortho intramolecular Hbond substituents is 1. The molecule has 0 unspecified atom stereocenters. The van der Waals surface area contributed by atoms with Gasteiger partial charge in [0.05, 0.1) is 7.14 Å². The van der Waals surface area contributed by atoms with Crippen LogP contribution in [0.2, 0.25) is 0 Å². The lowest BCUT2D eigenvalue weighted by molar-refractivity contribution is -0.119. The molecule has 0 amide bonds. The average molecular weight is 648 g/mol. The molecule has 5 nitrogen and oxygen atoms in total. The van der Waals surface area contributed by atoms with E-state index in [1.807, 2.05) is 0 Å². The zero-order valence-electron chi connectivity index (χ0n) is 17.7. The number of halogens is 2. The lowest BCUT2D eigenvalue weighted by atomic mass is 10.0. The molecule has 0 radical (unpaired) electrons. The summed E-state index contributed by atoms with van der Waals surface area (Å²) in [4.78, 5) is 14.7. The number of hydrogen-bond acceptors (Lipinski definition) is 5. The van der Waals surface area contributed by atoms with Gasteiger partial charge in [-0.25, -0.2) is 0 Å². The highest BCUT2D eigenvalue weighted by molar-refractivity contribution is 14.1. The fourth-order valence-electron chi connectivity index (χ4n) is 3.80. The van der Waals surface area contributed by atoms with Gasteiger partial charge >= 0.3 is 0 Å². The minimum absolute atomic E-state index is 0.0330. The molecule has 0 aliphatic carbocycles. The SMILES string of the molecule is N[C@H](CCC(=O)CCN1CCCCC1)Cc1cc(I)c(Oc2ccc(O)cc2)c(I)c1. The van der Waals surface area contributed by atoms with Gasteiger partial charge in [0.1, 0.15) is 17.3 Å². The lowest BCUT2D eigenvalue weighted by Gasteiger charge is -2.26. The second kappa shape index (κ2) is 12.4. The summed E-state index contributed by atoms with van der Waals surface area (Å²) in [5, 5.41) is 9.43. The first kappa shape index (κ1) is 24.7. The van der Waals surface area contributed by atoms with E-state index < -0.39 is 0 Å². The predicted molar refractivity (Wildman–Crippen MR) is 141 cm³/mol. The molecule has 2 aromatic rings. The van der Waals surface area contributed by atoms with Gasteiger partial charge in [-0.15, -0.1) is 0 Å². The van der Waals surface area contributed by atoms with E-state index in [-0.39, 0.29) is 11.8 Å². The maximum atomic E-state index is 12.3. The molecule has 3 rings (SSSR count). The van der Waals surface area contributed by atoms with E-state index in [1.165, 1.54) is 19.3 Å². The van der Waals surface area contributed by atoms with Gasteiger partial charge < -0.3 is 20.5 Å². The minimum atomic E-state index is -0.0330. The van der Waals surface area contributed by atoms with E-state index in [0.29, 0.717) is 24.4 Å². The molecule has 1 atom stereocenters. The highest BCUT2D eigenvalue weighted by atomic mass is 127. The van der Waals surface area contributed by atoms with Gasteiger partial charge in [0, 0.05) is 25.4 Å². The normalized spacial score (nSPS) is 15.6. The summed E-state index contributed by atoms with van der Waals surface area (Å²) >= 11 is 4.55. The van der Waals surface area contributed by atoms with Crippen molar-refractivity contribution in [2.75, 3.05) is 19.6 Å². The second-order valence-corrected chi connectivity index (χ2v) is 10.5. The summed E-state index contributed by atoms with van der Waals surface area (Å²) in [5.41, 5.74) is 7.50. The van der Waals surface area contributed by atoms with Crippen LogP contribution in [0.5, 0.6) is 17.2 Å². The number of ketones is 1. The number of carbonyl (C=O) groups is 1. The maximum Gasteiger partial charge on any atom is 0.154 e. The Labute approximate surface area is 212 Å². The van der Waals surface area contributed by atoms with Crippen molar-refractivity contribution in [3.8, 4) is 17.2 Å². The summed E-state index contributed by atoms with van der Waals surface area (Å²) < 4.78 is 8.03. The molecular formula is C24H30I2N2O3. The van der Waals surface area contributed by atoms with Gasteiger partial charge in [0.25, 0.3) is 0 Å². The molecule has 31 heavy (non-hydrogen) atoms. The van der Waals surface area contributed by atoms with Gasteiger partial charge in [-0.05, 0) is 126 Å². The summed E-state index contributed by atoms with van der Waals surface area (Å²) in [6.45, 7) is 3.17. The van der Waals surface area contributed by atoms with Gasteiger partial charge in [0.2, 0.25) is 0 Å². The van der Waals surface area contributed by atoms with E-state index in [1.54, 1.807) is 24.3 Å². The van der Waals surface area contributed by atoms with Crippen molar-refractivity contribution in [2.24, 2.45) is 5.73 Å². The van der Waals surface area contributed by atoms with E-state index in [4.69, 9.17) is 10.5 Å². The maximum absolute atomic E-state index is 12.3. The van der Waals surface area contributed by atoms with Crippen LogP contribution in [0.25, 0.3) is 0 Å². The zero-order valence-corrected chi connectivity index (χ0v) is 22.0. The number of hydrogen-bond donors (Lipinski definition) is 2. The van der Waals surface area contributed by atoms with Crippen molar-refractivity contribution < 1.29 is 14.6 Å². The summed E-state index contributed by atoms with van der Waals surface area (Å²) in [5.74, 6) is 2.02. The molecule has 0 bridgehead atoms. The van der Waals surface area contributed by atoms with Crippen molar-refractivity contribution >= 4 is 51.0 Å². The number of rotatable bonds is 10. The Morgan fingerprint density at radius 2 is 1.71 bits per heavy atom. The van der Waals surface area contributed by atoms with Crippen molar-refractivity contribution in [3.63, 3.8) is 0 Å². The van der Waals surface area contributed by atoms with E-state index in [2.05, 4.69) is 62.2 Å². The van der Waals surface area contributed by atoms with Crippen LogP contribution in [0.4, 0.5) is 0 Å². The summed E-state index contributed by atoms with van der Waals surface area (Å²) in [6.07, 6.45) is 6.51. The molecule has 1 heterocycles. The quantitative estimate of drug-likeness (QED) is 0.334. The number of likely N-dealkylation sites (tertiary alicyclic amines) is 1. The Hall–Kier alpha value is -0.910. The molecular weight excluding hydrogens is 618 g/mol. The van der Waals surface area contributed by atoms with Crippen LogP contribution in [0.3, 0.4) is 0 Å². The largest absolute Gasteiger partial charge is 0.508 e. The monoisotopic (exact) mass is 648 g/mol. The van der Waals surface area contributed by atoms with Crippen LogP contribution in [-0.2, 0) is 11.2 Å². The molecule has 0 spiro atoms. The van der Waals surface area contributed by atoms with E-state index in [9.17, 15) is 9.90 Å². The van der Waals surface area contributed by atoms with Crippen LogP contribution in [-0.4, -0.2) is 41.5 Å². The van der Waals surface area contributed by atoms with E-state index >= 15 is 0 Å². The first-order chi connectivity index (χ1) is 14.9. The second-order valence-electron chi connectivity index (χ2n) is 8.18. The minimum Gasteiger partial charge on any atom is -0.508 e. The van der Waals surface area contributed by atoms with Crippen LogP contribution in [0.1, 0.15) is 44.1 Å². The highest BCUT2D eigenvalue weighted by Crippen LogP contribution is 2.33. The number of carbonyl (C=O) groups excluding carboxylic acids is 1. The molecule has 1 aliphatic rings. The number of nitrogens with zero attached hydrogens (tertiary/aromatic N) is 1. The molecule has 1 aliphatic heterocycles. The van der Waals surface area contributed by atoms with E-state index in [0.717, 1.165) is 50.9 Å². The Morgan fingerprint density at radius 1 is 1.06 bits per heavy atom. The van der Waals surface area contributed by atoms with Crippen molar-refractivity contribution in [1.82, 2.24) is 4.90 Å². The molecule has 2 aromatic carbocycles.